The number of fused-ring (bicyclic) bond motifs is 1. The topological polar surface area (TPSA) is 40.5 Å². The van der Waals surface area contributed by atoms with Gasteiger partial charge in [0.15, 0.2) is 11.5 Å². The van der Waals surface area contributed by atoms with E-state index in [-0.39, 0.29) is 11.5 Å². The van der Waals surface area contributed by atoms with Crippen molar-refractivity contribution in [3.8, 4) is 11.5 Å². The minimum absolute atomic E-state index is 0.0568. The number of benzene rings is 2. The minimum Gasteiger partial charge on any atom is -0.504 e. The van der Waals surface area contributed by atoms with Crippen LogP contribution >= 0.6 is 0 Å². The van der Waals surface area contributed by atoms with Crippen LogP contribution in [0.4, 0.5) is 0 Å². The number of phenolic OH excluding ortho intramolecular Hbond substituents is 2. The van der Waals surface area contributed by atoms with Crippen molar-refractivity contribution in [3.63, 3.8) is 0 Å². The molecule has 71 valence electrons. The van der Waals surface area contributed by atoms with Gasteiger partial charge < -0.3 is 10.2 Å². The first-order chi connectivity index (χ1) is 6.74. The molecule has 0 spiro atoms. The lowest BCUT2D eigenvalue weighted by molar-refractivity contribution is 0.401. The summed E-state index contributed by atoms with van der Waals surface area (Å²) in [5.41, 5.74) is 0.695. The summed E-state index contributed by atoms with van der Waals surface area (Å²) < 4.78 is 0. The Labute approximate surface area is 82.4 Å². The summed E-state index contributed by atoms with van der Waals surface area (Å²) in [6.45, 7) is 3.74. The lowest BCUT2D eigenvalue weighted by Gasteiger charge is -2.08. The molecule has 0 saturated carbocycles. The van der Waals surface area contributed by atoms with Gasteiger partial charge in [-0.1, -0.05) is 24.3 Å². The van der Waals surface area contributed by atoms with Crippen LogP contribution in [0.15, 0.2) is 30.3 Å². The van der Waals surface area contributed by atoms with Crippen LogP contribution < -0.4 is 0 Å². The fourth-order valence-electron chi connectivity index (χ4n) is 1.65. The molecule has 2 nitrogen and oxygen atoms in total. The average molecular weight is 187 g/mol. The Balaban J connectivity index is 2.89. The van der Waals surface area contributed by atoms with Crippen molar-refractivity contribution in [3.05, 3.63) is 42.8 Å². The Morgan fingerprint density at radius 1 is 1.14 bits per heavy atom. The van der Waals surface area contributed by atoms with Crippen LogP contribution in [0.3, 0.4) is 0 Å². The molecule has 1 radical (unpaired) electrons. The van der Waals surface area contributed by atoms with Gasteiger partial charge in [-0.05, 0) is 30.2 Å². The maximum Gasteiger partial charge on any atom is 0.161 e. The number of rotatable bonds is 1. The number of aromatic hydroxyl groups is 2. The zero-order valence-corrected chi connectivity index (χ0v) is 7.70. The second-order valence-electron chi connectivity index (χ2n) is 3.19. The summed E-state index contributed by atoms with van der Waals surface area (Å²) in [5, 5.41) is 20.9. The second kappa shape index (κ2) is 3.22. The highest BCUT2D eigenvalue weighted by molar-refractivity contribution is 5.89. The van der Waals surface area contributed by atoms with Crippen molar-refractivity contribution in [2.45, 2.75) is 6.42 Å². The van der Waals surface area contributed by atoms with E-state index in [0.29, 0.717) is 12.0 Å². The van der Waals surface area contributed by atoms with Gasteiger partial charge in [-0.2, -0.15) is 0 Å². The molecular formula is C12H11O2. The highest BCUT2D eigenvalue weighted by atomic mass is 16.3. The summed E-state index contributed by atoms with van der Waals surface area (Å²) >= 11 is 0. The second-order valence-corrected chi connectivity index (χ2v) is 3.19. The smallest absolute Gasteiger partial charge is 0.161 e. The van der Waals surface area contributed by atoms with E-state index < -0.39 is 0 Å². The molecule has 0 aliphatic rings. The van der Waals surface area contributed by atoms with E-state index >= 15 is 0 Å². The molecule has 0 fully saturated rings. The molecule has 0 amide bonds. The molecule has 0 bridgehead atoms. The zero-order chi connectivity index (χ0) is 10.1. The maximum atomic E-state index is 9.61. The van der Waals surface area contributed by atoms with Crippen LogP contribution in [-0.4, -0.2) is 10.2 Å². The van der Waals surface area contributed by atoms with Crippen LogP contribution in [0.5, 0.6) is 11.5 Å². The first-order valence-electron chi connectivity index (χ1n) is 4.46. The fraction of sp³-hybridized carbons (Fsp3) is 0.0833. The molecule has 0 aliphatic heterocycles. The highest BCUT2D eigenvalue weighted by Crippen LogP contribution is 2.35. The SMILES string of the molecule is [CH2]Cc1c(O)c(O)cc2ccccc12. The van der Waals surface area contributed by atoms with Crippen LogP contribution in [0.2, 0.25) is 0 Å². The largest absolute Gasteiger partial charge is 0.504 e. The van der Waals surface area contributed by atoms with Gasteiger partial charge in [0.25, 0.3) is 0 Å². The summed E-state index contributed by atoms with van der Waals surface area (Å²) in [6.07, 6.45) is 0.459. The Bertz CT molecular complexity index is 475. The van der Waals surface area contributed by atoms with E-state index in [4.69, 9.17) is 0 Å². The van der Waals surface area contributed by atoms with E-state index in [9.17, 15) is 10.2 Å². The lowest BCUT2D eigenvalue weighted by Crippen LogP contribution is -1.85. The Hall–Kier alpha value is -1.70. The predicted octanol–water partition coefficient (Wildman–Crippen LogP) is 2.63. The monoisotopic (exact) mass is 187 g/mol. The highest BCUT2D eigenvalue weighted by Gasteiger charge is 2.09. The van der Waals surface area contributed by atoms with Gasteiger partial charge in [0.05, 0.1) is 0 Å². The third-order valence-electron chi connectivity index (χ3n) is 2.36. The number of hydrogen-bond donors (Lipinski definition) is 2. The van der Waals surface area contributed by atoms with Crippen molar-refractivity contribution in [1.29, 1.82) is 0 Å². The maximum absolute atomic E-state index is 9.61. The van der Waals surface area contributed by atoms with Gasteiger partial charge in [-0.25, -0.2) is 0 Å². The summed E-state index contributed by atoms with van der Waals surface area (Å²) in [4.78, 5) is 0. The molecule has 2 N–H and O–H groups in total. The molecule has 0 saturated heterocycles. The minimum atomic E-state index is -0.0812. The van der Waals surface area contributed by atoms with Crippen LogP contribution in [0.25, 0.3) is 10.8 Å². The molecule has 0 aliphatic carbocycles. The first kappa shape index (κ1) is 8.88. The van der Waals surface area contributed by atoms with E-state index in [0.717, 1.165) is 10.8 Å². The molecule has 0 aromatic heterocycles. The van der Waals surface area contributed by atoms with Crippen molar-refractivity contribution in [2.75, 3.05) is 0 Å². The van der Waals surface area contributed by atoms with E-state index in [2.05, 4.69) is 6.92 Å². The Morgan fingerprint density at radius 2 is 1.86 bits per heavy atom. The van der Waals surface area contributed by atoms with Crippen molar-refractivity contribution in [2.24, 2.45) is 0 Å². The molecular weight excluding hydrogens is 176 g/mol. The van der Waals surface area contributed by atoms with E-state index in [1.807, 2.05) is 24.3 Å². The van der Waals surface area contributed by atoms with Crippen molar-refractivity contribution in [1.82, 2.24) is 0 Å². The van der Waals surface area contributed by atoms with Gasteiger partial charge in [0, 0.05) is 5.56 Å². The lowest BCUT2D eigenvalue weighted by atomic mass is 10.0. The Morgan fingerprint density at radius 3 is 2.57 bits per heavy atom. The van der Waals surface area contributed by atoms with Gasteiger partial charge in [-0.3, -0.25) is 0 Å². The number of hydrogen-bond acceptors (Lipinski definition) is 2. The predicted molar refractivity (Wildman–Crippen MR) is 56.3 cm³/mol. The van der Waals surface area contributed by atoms with Crippen LogP contribution in [0, 0.1) is 6.92 Å². The molecule has 2 rings (SSSR count). The molecule has 0 heterocycles. The zero-order valence-electron chi connectivity index (χ0n) is 7.70. The van der Waals surface area contributed by atoms with E-state index in [1.54, 1.807) is 6.07 Å². The van der Waals surface area contributed by atoms with Gasteiger partial charge in [0.1, 0.15) is 0 Å². The first-order valence-corrected chi connectivity index (χ1v) is 4.46. The normalized spacial score (nSPS) is 10.6. The van der Waals surface area contributed by atoms with Gasteiger partial charge >= 0.3 is 0 Å². The molecule has 2 heteroatoms. The summed E-state index contributed by atoms with van der Waals surface area (Å²) in [6, 6.07) is 9.16. The van der Waals surface area contributed by atoms with Crippen molar-refractivity contribution >= 4 is 10.8 Å². The van der Waals surface area contributed by atoms with Crippen molar-refractivity contribution < 1.29 is 10.2 Å². The van der Waals surface area contributed by atoms with Crippen LogP contribution in [-0.2, 0) is 6.42 Å². The quantitative estimate of drug-likeness (QED) is 0.674. The molecule has 0 atom stereocenters. The van der Waals surface area contributed by atoms with E-state index in [1.165, 1.54) is 0 Å². The average Bonchev–Trinajstić information content (AvgIpc) is 2.20. The van der Waals surface area contributed by atoms with Gasteiger partial charge in [-0.15, -0.1) is 0 Å². The van der Waals surface area contributed by atoms with Crippen LogP contribution in [0.1, 0.15) is 5.56 Å². The Kier molecular flexibility index (Phi) is 2.04. The molecule has 2 aromatic carbocycles. The molecule has 2 aromatic rings. The molecule has 14 heavy (non-hydrogen) atoms. The fourth-order valence-corrected chi connectivity index (χ4v) is 1.65. The molecule has 0 unspecified atom stereocenters. The standard InChI is InChI=1S/C12H11O2/c1-2-9-10-6-4-3-5-8(10)7-11(13)12(9)14/h3-7,13-14H,1-2H2. The third kappa shape index (κ3) is 1.20. The summed E-state index contributed by atoms with van der Waals surface area (Å²) in [7, 11) is 0. The van der Waals surface area contributed by atoms with Gasteiger partial charge in [0.2, 0.25) is 0 Å². The number of phenols is 2. The summed E-state index contributed by atoms with van der Waals surface area (Å²) in [5.74, 6) is -0.138. The third-order valence-corrected chi connectivity index (χ3v) is 2.36.